The Morgan fingerprint density at radius 3 is 2.39 bits per heavy atom. The van der Waals surface area contributed by atoms with Crippen LogP contribution in [0.5, 0.6) is 5.75 Å². The number of anilines is 1. The number of methoxy groups -OCH3 is 1. The molecule has 1 aliphatic rings. The highest BCUT2D eigenvalue weighted by Gasteiger charge is 2.25. The number of nitrogens with zero attached hydrogens (tertiary/aromatic N) is 5. The van der Waals surface area contributed by atoms with Crippen molar-refractivity contribution in [3.05, 3.63) is 102 Å². The Morgan fingerprint density at radius 1 is 0.868 bits per heavy atom. The Morgan fingerprint density at radius 2 is 1.63 bits per heavy atom. The number of hydrogen-bond donors (Lipinski definition) is 0. The second kappa shape index (κ2) is 10.2. The van der Waals surface area contributed by atoms with Gasteiger partial charge in [0.15, 0.2) is 5.65 Å². The highest BCUT2D eigenvalue weighted by Crippen LogP contribution is 2.32. The topological polar surface area (TPSA) is 63.0 Å². The summed E-state index contributed by atoms with van der Waals surface area (Å²) in [5.41, 5.74) is 5.40. The van der Waals surface area contributed by atoms with Gasteiger partial charge in [-0.3, -0.25) is 4.79 Å². The summed E-state index contributed by atoms with van der Waals surface area (Å²) in [5.74, 6) is 0.599. The van der Waals surface area contributed by atoms with Crippen molar-refractivity contribution in [2.45, 2.75) is 0 Å². The maximum Gasteiger partial charge on any atom is 0.272 e. The summed E-state index contributed by atoms with van der Waals surface area (Å²) >= 11 is 6.18. The zero-order chi connectivity index (χ0) is 26.1. The van der Waals surface area contributed by atoms with E-state index in [1.54, 1.807) is 11.6 Å². The number of aromatic nitrogens is 3. The van der Waals surface area contributed by atoms with Gasteiger partial charge in [-0.05, 0) is 36.4 Å². The van der Waals surface area contributed by atoms with Crippen LogP contribution in [0.15, 0.2) is 91.0 Å². The van der Waals surface area contributed by atoms with Crippen LogP contribution in [0, 0.1) is 0 Å². The molecular formula is C30H26ClN5O2. The number of benzene rings is 3. The normalized spacial score (nSPS) is 13.6. The van der Waals surface area contributed by atoms with Crippen molar-refractivity contribution in [1.29, 1.82) is 0 Å². The smallest absolute Gasteiger partial charge is 0.272 e. The van der Waals surface area contributed by atoms with Crippen LogP contribution in [0.4, 0.5) is 5.69 Å². The van der Waals surface area contributed by atoms with Crippen molar-refractivity contribution in [3.8, 4) is 28.3 Å². The molecule has 0 saturated carbocycles. The van der Waals surface area contributed by atoms with E-state index in [0.29, 0.717) is 35.2 Å². The molecule has 1 saturated heterocycles. The van der Waals surface area contributed by atoms with E-state index in [1.807, 2.05) is 95.9 Å². The molecule has 3 heterocycles. The summed E-state index contributed by atoms with van der Waals surface area (Å²) in [5, 5.41) is 5.56. The van der Waals surface area contributed by atoms with Gasteiger partial charge in [-0.2, -0.15) is 5.10 Å². The fraction of sp³-hybridized carbons (Fsp3) is 0.167. The molecule has 5 aromatic rings. The van der Waals surface area contributed by atoms with E-state index in [-0.39, 0.29) is 5.91 Å². The lowest BCUT2D eigenvalue weighted by molar-refractivity contribution is 0.0741. The van der Waals surface area contributed by atoms with Crippen LogP contribution in [0.1, 0.15) is 10.5 Å². The fourth-order valence-corrected chi connectivity index (χ4v) is 5.07. The molecule has 1 aliphatic heterocycles. The number of fused-ring (bicyclic) bond motifs is 1. The lowest BCUT2D eigenvalue weighted by Gasteiger charge is -2.36. The van der Waals surface area contributed by atoms with Crippen LogP contribution in [0.25, 0.3) is 28.2 Å². The number of para-hydroxylation sites is 1. The summed E-state index contributed by atoms with van der Waals surface area (Å²) in [6.07, 6.45) is 0. The number of piperazine rings is 1. The molecular weight excluding hydrogens is 498 g/mol. The van der Waals surface area contributed by atoms with Crippen LogP contribution in [-0.2, 0) is 0 Å². The zero-order valence-corrected chi connectivity index (χ0v) is 21.7. The Labute approximate surface area is 225 Å². The van der Waals surface area contributed by atoms with Crippen molar-refractivity contribution in [2.24, 2.45) is 0 Å². The highest BCUT2D eigenvalue weighted by molar-refractivity contribution is 6.30. The lowest BCUT2D eigenvalue weighted by atomic mass is 10.1. The summed E-state index contributed by atoms with van der Waals surface area (Å²) in [4.78, 5) is 22.6. The molecule has 1 amide bonds. The second-order valence-electron chi connectivity index (χ2n) is 9.15. The molecule has 1 fully saturated rings. The quantitative estimate of drug-likeness (QED) is 0.296. The van der Waals surface area contributed by atoms with E-state index in [2.05, 4.69) is 4.90 Å². The first-order valence-corrected chi connectivity index (χ1v) is 12.9. The maximum atomic E-state index is 13.7. The van der Waals surface area contributed by atoms with E-state index in [1.165, 1.54) is 0 Å². The monoisotopic (exact) mass is 523 g/mol. The van der Waals surface area contributed by atoms with Crippen LogP contribution in [0.3, 0.4) is 0 Å². The SMILES string of the molecule is COc1ccccc1-c1cc(C(=O)N2CCN(c3cccc(Cl)c3)CC2)nc2cc(-c3ccccc3)nn12. The van der Waals surface area contributed by atoms with Gasteiger partial charge in [0.05, 0.1) is 18.5 Å². The third kappa shape index (κ3) is 4.57. The van der Waals surface area contributed by atoms with Crippen molar-refractivity contribution < 1.29 is 9.53 Å². The molecule has 0 N–H and O–H groups in total. The van der Waals surface area contributed by atoms with Gasteiger partial charge >= 0.3 is 0 Å². The Bertz CT molecular complexity index is 1610. The molecule has 7 nitrogen and oxygen atoms in total. The molecule has 0 aliphatic carbocycles. The van der Waals surface area contributed by atoms with E-state index in [4.69, 9.17) is 26.4 Å². The van der Waals surface area contributed by atoms with Gasteiger partial charge in [0.1, 0.15) is 11.4 Å². The van der Waals surface area contributed by atoms with Gasteiger partial charge in [0.25, 0.3) is 5.91 Å². The Balaban J connectivity index is 1.36. The molecule has 2 aromatic heterocycles. The molecule has 6 rings (SSSR count). The molecule has 38 heavy (non-hydrogen) atoms. The summed E-state index contributed by atoms with van der Waals surface area (Å²) < 4.78 is 7.43. The van der Waals surface area contributed by atoms with E-state index in [0.717, 1.165) is 41.3 Å². The van der Waals surface area contributed by atoms with Gasteiger partial charge in [0, 0.05) is 54.1 Å². The van der Waals surface area contributed by atoms with Crippen molar-refractivity contribution in [2.75, 3.05) is 38.2 Å². The molecule has 190 valence electrons. The van der Waals surface area contributed by atoms with Crippen LogP contribution >= 0.6 is 11.6 Å². The number of rotatable bonds is 5. The summed E-state index contributed by atoms with van der Waals surface area (Å²) in [6.45, 7) is 2.63. The van der Waals surface area contributed by atoms with Crippen LogP contribution in [-0.4, -0.2) is 58.7 Å². The minimum Gasteiger partial charge on any atom is -0.496 e. The predicted molar refractivity (Wildman–Crippen MR) is 150 cm³/mol. The average molecular weight is 524 g/mol. The highest BCUT2D eigenvalue weighted by atomic mass is 35.5. The first-order valence-electron chi connectivity index (χ1n) is 12.5. The Hall–Kier alpha value is -4.36. The molecule has 0 radical (unpaired) electrons. The second-order valence-corrected chi connectivity index (χ2v) is 9.59. The number of carbonyl (C=O) groups is 1. The molecule has 0 unspecified atom stereocenters. The van der Waals surface area contributed by atoms with Gasteiger partial charge in [-0.15, -0.1) is 0 Å². The van der Waals surface area contributed by atoms with Crippen molar-refractivity contribution in [3.63, 3.8) is 0 Å². The number of hydrogen-bond acceptors (Lipinski definition) is 5. The van der Waals surface area contributed by atoms with Crippen LogP contribution < -0.4 is 9.64 Å². The maximum absolute atomic E-state index is 13.7. The number of amides is 1. The van der Waals surface area contributed by atoms with Gasteiger partial charge < -0.3 is 14.5 Å². The van der Waals surface area contributed by atoms with Gasteiger partial charge in [-0.25, -0.2) is 9.50 Å². The van der Waals surface area contributed by atoms with Crippen molar-refractivity contribution in [1.82, 2.24) is 19.5 Å². The predicted octanol–water partition coefficient (Wildman–Crippen LogP) is 5.69. The Kier molecular flexibility index (Phi) is 6.43. The standard InChI is InChI=1S/C30H26ClN5O2/c1-38-28-13-6-5-12-24(28)27-19-26(32-29-20-25(33-36(27)29)21-8-3-2-4-9-21)30(37)35-16-14-34(15-17-35)23-11-7-10-22(31)18-23/h2-13,18-20H,14-17H2,1H3. The average Bonchev–Trinajstić information content (AvgIpc) is 3.41. The number of ether oxygens (including phenoxy) is 1. The van der Waals surface area contributed by atoms with E-state index in [9.17, 15) is 4.79 Å². The van der Waals surface area contributed by atoms with E-state index < -0.39 is 0 Å². The summed E-state index contributed by atoms with van der Waals surface area (Å²) in [7, 11) is 1.64. The third-order valence-electron chi connectivity index (χ3n) is 6.84. The van der Waals surface area contributed by atoms with Gasteiger partial charge in [0.2, 0.25) is 0 Å². The molecule has 3 aromatic carbocycles. The number of carbonyl (C=O) groups excluding carboxylic acids is 1. The zero-order valence-electron chi connectivity index (χ0n) is 20.9. The molecule has 0 bridgehead atoms. The number of halogens is 1. The van der Waals surface area contributed by atoms with Crippen molar-refractivity contribution >= 4 is 28.8 Å². The first-order chi connectivity index (χ1) is 18.6. The lowest BCUT2D eigenvalue weighted by Crippen LogP contribution is -2.49. The first kappa shape index (κ1) is 24.0. The largest absolute Gasteiger partial charge is 0.496 e. The summed E-state index contributed by atoms with van der Waals surface area (Å²) in [6, 6.07) is 29.2. The minimum absolute atomic E-state index is 0.100. The minimum atomic E-state index is -0.100. The van der Waals surface area contributed by atoms with E-state index >= 15 is 0 Å². The van der Waals surface area contributed by atoms with Crippen LogP contribution in [0.2, 0.25) is 5.02 Å². The van der Waals surface area contributed by atoms with Gasteiger partial charge in [-0.1, -0.05) is 60.1 Å². The molecule has 0 spiro atoms. The third-order valence-corrected chi connectivity index (χ3v) is 7.07. The molecule has 0 atom stereocenters. The molecule has 8 heteroatoms. The fourth-order valence-electron chi connectivity index (χ4n) is 4.88.